The summed E-state index contributed by atoms with van der Waals surface area (Å²) in [4.78, 5) is 25.3. The van der Waals surface area contributed by atoms with Crippen LogP contribution in [0.2, 0.25) is 0 Å². The fourth-order valence-electron chi connectivity index (χ4n) is 3.67. The fourth-order valence-corrected chi connectivity index (χ4v) is 3.67. The maximum atomic E-state index is 12.6. The van der Waals surface area contributed by atoms with E-state index in [1.807, 2.05) is 12.1 Å². The summed E-state index contributed by atoms with van der Waals surface area (Å²) >= 11 is 0. The van der Waals surface area contributed by atoms with E-state index in [1.165, 1.54) is 16.3 Å². The van der Waals surface area contributed by atoms with Gasteiger partial charge in [0.2, 0.25) is 5.91 Å². The molecule has 3 unspecified atom stereocenters. The maximum Gasteiger partial charge on any atom is 0.308 e. The summed E-state index contributed by atoms with van der Waals surface area (Å²) < 4.78 is 0. The van der Waals surface area contributed by atoms with Gasteiger partial charge in [-0.25, -0.2) is 0 Å². The van der Waals surface area contributed by atoms with Crippen molar-refractivity contribution >= 4 is 22.6 Å². The van der Waals surface area contributed by atoms with E-state index >= 15 is 0 Å². The van der Waals surface area contributed by atoms with Crippen molar-refractivity contribution in [2.24, 2.45) is 11.8 Å². The summed E-state index contributed by atoms with van der Waals surface area (Å²) in [6.45, 7) is 0.950. The molecule has 2 aromatic carbocycles. The lowest BCUT2D eigenvalue weighted by atomic mass is 10.0. The molecule has 1 N–H and O–H groups in total. The number of hydrogen-bond donors (Lipinski definition) is 1. The molecule has 4 rings (SSSR count). The first-order valence-corrected chi connectivity index (χ1v) is 8.14. The summed E-state index contributed by atoms with van der Waals surface area (Å²) in [5.41, 5.74) is 1.22. The van der Waals surface area contributed by atoms with E-state index in [0.717, 1.165) is 6.42 Å². The lowest BCUT2D eigenvalue weighted by molar-refractivity contribution is -0.141. The Morgan fingerprint density at radius 3 is 2.61 bits per heavy atom. The summed E-state index contributed by atoms with van der Waals surface area (Å²) in [5.74, 6) is -0.731. The zero-order valence-electron chi connectivity index (χ0n) is 12.8. The number of carbonyl (C=O) groups is 2. The Labute approximate surface area is 134 Å². The molecule has 0 aromatic heterocycles. The highest BCUT2D eigenvalue weighted by Crippen LogP contribution is 2.49. The van der Waals surface area contributed by atoms with Crippen molar-refractivity contribution in [3.8, 4) is 0 Å². The number of carboxylic acids is 1. The SMILES string of the molecule is O=C(O)C1CCN(C(=O)C2CC2c2ccc3ccccc3c2)C1. The van der Waals surface area contributed by atoms with Gasteiger partial charge >= 0.3 is 5.97 Å². The van der Waals surface area contributed by atoms with Crippen LogP contribution in [0.4, 0.5) is 0 Å². The standard InChI is InChI=1S/C19H19NO3/c21-18(20-8-7-15(11-20)19(22)23)17-10-16(17)14-6-5-12-3-1-2-4-13(12)9-14/h1-6,9,15-17H,7-8,10-11H2,(H,22,23). The van der Waals surface area contributed by atoms with Crippen molar-refractivity contribution in [1.29, 1.82) is 0 Å². The number of aliphatic carboxylic acids is 1. The van der Waals surface area contributed by atoms with E-state index in [-0.39, 0.29) is 17.7 Å². The first kappa shape index (κ1) is 14.2. The van der Waals surface area contributed by atoms with E-state index < -0.39 is 11.9 Å². The van der Waals surface area contributed by atoms with Crippen LogP contribution in [0, 0.1) is 11.8 Å². The highest BCUT2D eigenvalue weighted by molar-refractivity contribution is 5.86. The Morgan fingerprint density at radius 2 is 1.87 bits per heavy atom. The second-order valence-electron chi connectivity index (χ2n) is 6.66. The van der Waals surface area contributed by atoms with Crippen LogP contribution in [-0.2, 0) is 9.59 Å². The van der Waals surface area contributed by atoms with Crippen LogP contribution in [0.1, 0.15) is 24.3 Å². The van der Waals surface area contributed by atoms with Crippen LogP contribution < -0.4 is 0 Å². The third kappa shape index (κ3) is 2.58. The molecule has 4 heteroatoms. The van der Waals surface area contributed by atoms with Gasteiger partial charge in [0.15, 0.2) is 0 Å². The Morgan fingerprint density at radius 1 is 1.09 bits per heavy atom. The van der Waals surface area contributed by atoms with Crippen LogP contribution in [0.25, 0.3) is 10.8 Å². The molecule has 0 bridgehead atoms. The highest BCUT2D eigenvalue weighted by Gasteiger charge is 2.47. The molecule has 118 valence electrons. The average molecular weight is 309 g/mol. The molecular formula is C19H19NO3. The molecule has 2 aromatic rings. The van der Waals surface area contributed by atoms with E-state index in [9.17, 15) is 9.59 Å². The third-order valence-corrected chi connectivity index (χ3v) is 5.16. The van der Waals surface area contributed by atoms with Crippen molar-refractivity contribution in [3.05, 3.63) is 48.0 Å². The first-order valence-electron chi connectivity index (χ1n) is 8.14. The van der Waals surface area contributed by atoms with Gasteiger partial charge in [-0.3, -0.25) is 9.59 Å². The largest absolute Gasteiger partial charge is 0.481 e. The van der Waals surface area contributed by atoms with Crippen molar-refractivity contribution in [3.63, 3.8) is 0 Å². The lowest BCUT2D eigenvalue weighted by Crippen LogP contribution is -2.31. The molecule has 23 heavy (non-hydrogen) atoms. The zero-order chi connectivity index (χ0) is 16.0. The highest BCUT2D eigenvalue weighted by atomic mass is 16.4. The van der Waals surface area contributed by atoms with E-state index in [2.05, 4.69) is 30.3 Å². The minimum atomic E-state index is -0.790. The first-order chi connectivity index (χ1) is 11.1. The predicted molar refractivity (Wildman–Crippen MR) is 87.1 cm³/mol. The zero-order valence-corrected chi connectivity index (χ0v) is 12.8. The van der Waals surface area contributed by atoms with Crippen molar-refractivity contribution in [2.45, 2.75) is 18.8 Å². The van der Waals surface area contributed by atoms with Gasteiger partial charge < -0.3 is 10.0 Å². The van der Waals surface area contributed by atoms with E-state index in [0.29, 0.717) is 19.5 Å². The second kappa shape index (κ2) is 5.37. The Kier molecular flexibility index (Phi) is 3.33. The van der Waals surface area contributed by atoms with Crippen LogP contribution in [0.3, 0.4) is 0 Å². The van der Waals surface area contributed by atoms with Gasteiger partial charge in [0.25, 0.3) is 0 Å². The Hall–Kier alpha value is -2.36. The van der Waals surface area contributed by atoms with Gasteiger partial charge in [-0.2, -0.15) is 0 Å². The van der Waals surface area contributed by atoms with Crippen LogP contribution in [-0.4, -0.2) is 35.0 Å². The van der Waals surface area contributed by atoms with Gasteiger partial charge in [-0.15, -0.1) is 0 Å². The van der Waals surface area contributed by atoms with Gasteiger partial charge in [0.1, 0.15) is 0 Å². The lowest BCUT2D eigenvalue weighted by Gasteiger charge is -2.15. The molecule has 1 saturated carbocycles. The molecule has 4 nitrogen and oxygen atoms in total. The number of rotatable bonds is 3. The van der Waals surface area contributed by atoms with Gasteiger partial charge in [0, 0.05) is 19.0 Å². The predicted octanol–water partition coefficient (Wildman–Crippen LogP) is 2.88. The molecule has 1 aliphatic carbocycles. The number of benzene rings is 2. The van der Waals surface area contributed by atoms with E-state index in [4.69, 9.17) is 5.11 Å². The number of likely N-dealkylation sites (tertiary alicyclic amines) is 1. The summed E-state index contributed by atoms with van der Waals surface area (Å²) in [7, 11) is 0. The summed E-state index contributed by atoms with van der Waals surface area (Å²) in [5, 5.41) is 11.5. The van der Waals surface area contributed by atoms with Crippen LogP contribution >= 0.6 is 0 Å². The number of fused-ring (bicyclic) bond motifs is 1. The van der Waals surface area contributed by atoms with Crippen LogP contribution in [0.5, 0.6) is 0 Å². The smallest absolute Gasteiger partial charge is 0.308 e. The van der Waals surface area contributed by atoms with Crippen molar-refractivity contribution in [1.82, 2.24) is 4.90 Å². The minimum Gasteiger partial charge on any atom is -0.481 e. The number of nitrogens with zero attached hydrogens (tertiary/aromatic N) is 1. The summed E-state index contributed by atoms with van der Waals surface area (Å²) in [6, 6.07) is 14.6. The second-order valence-corrected chi connectivity index (χ2v) is 6.66. The molecule has 1 heterocycles. The minimum absolute atomic E-state index is 0.0312. The fraction of sp³-hybridized carbons (Fsp3) is 0.368. The van der Waals surface area contributed by atoms with Gasteiger partial charge in [-0.1, -0.05) is 42.5 Å². The van der Waals surface area contributed by atoms with Gasteiger partial charge in [-0.05, 0) is 35.1 Å². The van der Waals surface area contributed by atoms with Crippen molar-refractivity contribution < 1.29 is 14.7 Å². The molecule has 3 atom stereocenters. The molecule has 1 saturated heterocycles. The molecule has 2 aliphatic rings. The van der Waals surface area contributed by atoms with Gasteiger partial charge in [0.05, 0.1) is 5.92 Å². The normalized spacial score (nSPS) is 26.4. The monoisotopic (exact) mass is 309 g/mol. The molecule has 0 radical (unpaired) electrons. The quantitative estimate of drug-likeness (QED) is 0.948. The van der Waals surface area contributed by atoms with Crippen molar-refractivity contribution in [2.75, 3.05) is 13.1 Å². The molecule has 0 spiro atoms. The number of carbonyl (C=O) groups excluding carboxylic acids is 1. The number of hydrogen-bond acceptors (Lipinski definition) is 2. The summed E-state index contributed by atoms with van der Waals surface area (Å²) in [6.07, 6.45) is 1.46. The Bertz CT molecular complexity index is 785. The number of amides is 1. The Balaban J connectivity index is 1.46. The maximum absolute atomic E-state index is 12.6. The molecular weight excluding hydrogens is 290 g/mol. The topological polar surface area (TPSA) is 57.6 Å². The third-order valence-electron chi connectivity index (χ3n) is 5.16. The van der Waals surface area contributed by atoms with E-state index in [1.54, 1.807) is 4.90 Å². The van der Waals surface area contributed by atoms with Crippen LogP contribution in [0.15, 0.2) is 42.5 Å². The number of carboxylic acid groups (broad SMARTS) is 1. The molecule has 1 aliphatic heterocycles. The molecule has 1 amide bonds. The molecule has 2 fully saturated rings. The average Bonchev–Trinajstić information content (AvgIpc) is 3.21.